The number of carbonyl (C=O) groups excluding carboxylic acids is 1. The molecule has 0 fully saturated rings. The van der Waals surface area contributed by atoms with Crippen LogP contribution in [0, 0.1) is 0 Å². The largest absolute Gasteiger partial charge is 0.467 e. The third-order valence-electron chi connectivity index (χ3n) is 2.27. The molecule has 0 saturated heterocycles. The maximum absolute atomic E-state index is 11.1. The van der Waals surface area contributed by atoms with E-state index in [9.17, 15) is 9.59 Å². The molecule has 0 aromatic carbocycles. The first kappa shape index (κ1) is 10.2. The zero-order valence-electron chi connectivity index (χ0n) is 8.16. The molecule has 0 radical (unpaired) electrons. The van der Waals surface area contributed by atoms with Gasteiger partial charge >= 0.3 is 6.09 Å². The number of rotatable bonds is 2. The topological polar surface area (TPSA) is 109 Å². The van der Waals surface area contributed by atoms with Crippen molar-refractivity contribution >= 4 is 17.7 Å². The number of nitrogens with two attached hydrogens (primary N) is 1. The molecular formula is C9H9N3O4. The summed E-state index contributed by atoms with van der Waals surface area (Å²) >= 11 is 0. The lowest BCUT2D eigenvalue weighted by Gasteiger charge is -2.19. The highest BCUT2D eigenvalue weighted by Gasteiger charge is 2.38. The van der Waals surface area contributed by atoms with Crippen molar-refractivity contribution in [1.29, 1.82) is 0 Å². The molecule has 1 aliphatic heterocycles. The molecule has 0 spiro atoms. The van der Waals surface area contributed by atoms with E-state index >= 15 is 0 Å². The maximum Gasteiger partial charge on any atom is 0.409 e. The summed E-state index contributed by atoms with van der Waals surface area (Å²) in [4.78, 5) is 26.8. The normalized spacial score (nSPS) is 19.6. The number of amides is 2. The van der Waals surface area contributed by atoms with E-state index in [1.807, 2.05) is 0 Å². The molecule has 84 valence electrons. The van der Waals surface area contributed by atoms with E-state index in [4.69, 9.17) is 15.3 Å². The summed E-state index contributed by atoms with van der Waals surface area (Å²) in [5.41, 5.74) is 5.12. The molecule has 0 aliphatic carbocycles. The van der Waals surface area contributed by atoms with Gasteiger partial charge in [-0.05, 0) is 12.1 Å². The van der Waals surface area contributed by atoms with Crippen LogP contribution in [-0.4, -0.2) is 34.4 Å². The van der Waals surface area contributed by atoms with Gasteiger partial charge in [0.15, 0.2) is 0 Å². The van der Waals surface area contributed by atoms with Gasteiger partial charge in [-0.3, -0.25) is 14.7 Å². The van der Waals surface area contributed by atoms with Crippen molar-refractivity contribution in [2.45, 2.75) is 6.04 Å². The summed E-state index contributed by atoms with van der Waals surface area (Å²) in [7, 11) is 0. The van der Waals surface area contributed by atoms with Gasteiger partial charge in [0, 0.05) is 0 Å². The molecule has 3 N–H and O–H groups in total. The van der Waals surface area contributed by atoms with Crippen LogP contribution in [0.15, 0.2) is 27.8 Å². The van der Waals surface area contributed by atoms with Gasteiger partial charge < -0.3 is 15.3 Å². The average Bonchev–Trinajstić information content (AvgIpc) is 2.85. The molecule has 16 heavy (non-hydrogen) atoms. The van der Waals surface area contributed by atoms with E-state index in [1.54, 1.807) is 12.1 Å². The van der Waals surface area contributed by atoms with Crippen molar-refractivity contribution in [2.24, 2.45) is 10.7 Å². The van der Waals surface area contributed by atoms with Crippen molar-refractivity contribution in [3.05, 3.63) is 24.2 Å². The third kappa shape index (κ3) is 1.52. The van der Waals surface area contributed by atoms with Gasteiger partial charge in [0.25, 0.3) is 5.91 Å². The molecular weight excluding hydrogens is 214 g/mol. The third-order valence-corrected chi connectivity index (χ3v) is 2.27. The lowest BCUT2D eigenvalue weighted by Crippen LogP contribution is -2.37. The van der Waals surface area contributed by atoms with Crippen LogP contribution in [0.25, 0.3) is 0 Å². The summed E-state index contributed by atoms with van der Waals surface area (Å²) < 4.78 is 5.08. The molecule has 7 nitrogen and oxygen atoms in total. The van der Waals surface area contributed by atoms with E-state index in [0.717, 1.165) is 4.90 Å². The molecule has 1 aliphatic rings. The molecule has 0 bridgehead atoms. The fourth-order valence-electron chi connectivity index (χ4n) is 1.59. The van der Waals surface area contributed by atoms with Crippen LogP contribution >= 0.6 is 0 Å². The van der Waals surface area contributed by atoms with Crippen LogP contribution < -0.4 is 5.73 Å². The Morgan fingerprint density at radius 3 is 2.88 bits per heavy atom. The summed E-state index contributed by atoms with van der Waals surface area (Å²) in [5, 5.41) is 8.94. The van der Waals surface area contributed by atoms with Gasteiger partial charge in [0.1, 0.15) is 24.2 Å². The van der Waals surface area contributed by atoms with Crippen LogP contribution in [0.4, 0.5) is 4.79 Å². The zero-order chi connectivity index (χ0) is 11.7. The maximum atomic E-state index is 11.1. The molecule has 1 unspecified atom stereocenters. The summed E-state index contributed by atoms with van der Waals surface area (Å²) in [6.45, 7) is -0.112. The van der Waals surface area contributed by atoms with Crippen LogP contribution in [-0.2, 0) is 4.79 Å². The minimum atomic E-state index is -1.18. The summed E-state index contributed by atoms with van der Waals surface area (Å²) in [6.07, 6.45) is 0.216. The van der Waals surface area contributed by atoms with E-state index in [2.05, 4.69) is 4.99 Å². The van der Waals surface area contributed by atoms with E-state index in [-0.39, 0.29) is 12.4 Å². The van der Waals surface area contributed by atoms with Crippen LogP contribution in [0.5, 0.6) is 0 Å². The number of primary amides is 1. The molecule has 7 heteroatoms. The monoisotopic (exact) mass is 223 g/mol. The molecule has 2 amide bonds. The van der Waals surface area contributed by atoms with Crippen molar-refractivity contribution in [1.82, 2.24) is 4.90 Å². The minimum absolute atomic E-state index is 0.00245. The first-order chi connectivity index (χ1) is 7.61. The summed E-state index contributed by atoms with van der Waals surface area (Å²) in [5.74, 6) is -0.414. The fraction of sp³-hybridized carbons (Fsp3) is 0.222. The predicted molar refractivity (Wildman–Crippen MR) is 52.8 cm³/mol. The highest BCUT2D eigenvalue weighted by atomic mass is 16.4. The van der Waals surface area contributed by atoms with Crippen molar-refractivity contribution in [3.63, 3.8) is 0 Å². The molecule has 1 aromatic heterocycles. The second-order valence-electron chi connectivity index (χ2n) is 3.22. The number of carbonyl (C=O) groups is 2. The van der Waals surface area contributed by atoms with Crippen LogP contribution in [0.3, 0.4) is 0 Å². The second kappa shape index (κ2) is 3.69. The molecule has 1 aromatic rings. The Kier molecular flexibility index (Phi) is 2.35. The van der Waals surface area contributed by atoms with E-state index in [0.29, 0.717) is 5.76 Å². The van der Waals surface area contributed by atoms with Crippen molar-refractivity contribution in [2.75, 3.05) is 6.67 Å². The fourth-order valence-corrected chi connectivity index (χ4v) is 1.59. The number of hydrogen-bond acceptors (Lipinski definition) is 4. The number of hydrogen-bond donors (Lipinski definition) is 2. The number of carboxylic acid groups (broad SMARTS) is 1. The molecule has 0 saturated carbocycles. The van der Waals surface area contributed by atoms with Gasteiger partial charge in [0.2, 0.25) is 0 Å². The smallest absolute Gasteiger partial charge is 0.409 e. The Morgan fingerprint density at radius 2 is 2.38 bits per heavy atom. The Balaban J connectivity index is 2.38. The lowest BCUT2D eigenvalue weighted by molar-refractivity contribution is -0.112. The number of nitrogens with zero attached hydrogens (tertiary/aromatic N) is 2. The van der Waals surface area contributed by atoms with Crippen molar-refractivity contribution in [3.8, 4) is 0 Å². The molecule has 2 heterocycles. The Morgan fingerprint density at radius 1 is 1.62 bits per heavy atom. The number of aliphatic imine (C=N–C) groups is 1. The van der Waals surface area contributed by atoms with Gasteiger partial charge in [-0.2, -0.15) is 0 Å². The standard InChI is InChI=1S/C9H9N3O4/c10-8(13)6-7(5-2-1-3-16-5)12(4-11-6)9(14)15/h1-3,7H,4H2,(H2,10,13)(H,14,15). The van der Waals surface area contributed by atoms with Gasteiger partial charge in [-0.1, -0.05) is 0 Å². The van der Waals surface area contributed by atoms with E-state index < -0.39 is 18.0 Å². The highest BCUT2D eigenvalue weighted by molar-refractivity contribution is 6.40. The van der Waals surface area contributed by atoms with Crippen LogP contribution in [0.2, 0.25) is 0 Å². The first-order valence-electron chi connectivity index (χ1n) is 4.48. The van der Waals surface area contributed by atoms with E-state index in [1.165, 1.54) is 6.26 Å². The Bertz CT molecular complexity index is 451. The van der Waals surface area contributed by atoms with Gasteiger partial charge in [0.05, 0.1) is 6.26 Å². The molecule has 1 atom stereocenters. The Labute approximate surface area is 90.2 Å². The second-order valence-corrected chi connectivity index (χ2v) is 3.22. The van der Waals surface area contributed by atoms with Crippen molar-refractivity contribution < 1.29 is 19.1 Å². The SMILES string of the molecule is NC(=O)C1=NCN(C(=O)O)C1c1ccco1. The average molecular weight is 223 g/mol. The first-order valence-corrected chi connectivity index (χ1v) is 4.48. The highest BCUT2D eigenvalue weighted by Crippen LogP contribution is 2.27. The minimum Gasteiger partial charge on any atom is -0.467 e. The van der Waals surface area contributed by atoms with Gasteiger partial charge in [-0.25, -0.2) is 4.79 Å². The lowest BCUT2D eigenvalue weighted by atomic mass is 10.1. The number of furan rings is 1. The Hall–Kier alpha value is -2.31. The zero-order valence-corrected chi connectivity index (χ0v) is 8.16. The predicted octanol–water partition coefficient (Wildman–Crippen LogP) is 0.198. The molecule has 2 rings (SSSR count). The van der Waals surface area contributed by atoms with Gasteiger partial charge in [-0.15, -0.1) is 0 Å². The quantitative estimate of drug-likeness (QED) is 0.746. The summed E-state index contributed by atoms with van der Waals surface area (Å²) in [6, 6.07) is 2.33. The van der Waals surface area contributed by atoms with Crippen LogP contribution in [0.1, 0.15) is 11.8 Å².